The maximum atomic E-state index is 2.44. The second-order valence-corrected chi connectivity index (χ2v) is 24.3. The minimum absolute atomic E-state index is 0. The minimum atomic E-state index is 0. The van der Waals surface area contributed by atoms with Crippen LogP contribution in [-0.4, -0.2) is 5.43 Å². The van der Waals surface area contributed by atoms with Crippen molar-refractivity contribution in [3.05, 3.63) is 132 Å². The van der Waals surface area contributed by atoms with Crippen molar-refractivity contribution in [2.75, 3.05) is 0 Å². The van der Waals surface area contributed by atoms with Crippen molar-refractivity contribution in [3.8, 4) is 22.3 Å². The molecule has 6 aromatic carbocycles. The Bertz CT molecular complexity index is 1800. The van der Waals surface area contributed by atoms with Crippen molar-refractivity contribution in [2.45, 2.75) is 91.1 Å². The summed E-state index contributed by atoms with van der Waals surface area (Å²) in [5.41, 5.74) is 9.91. The molecular formula is C46H52Cl2SiZr-2. The van der Waals surface area contributed by atoms with Crippen LogP contribution in [0.5, 0.6) is 0 Å². The van der Waals surface area contributed by atoms with E-state index in [-0.39, 0.29) is 30.2 Å². The van der Waals surface area contributed by atoms with Gasteiger partial charge < -0.3 is 24.8 Å². The predicted molar refractivity (Wildman–Crippen MR) is 208 cm³/mol. The van der Waals surface area contributed by atoms with E-state index in [4.69, 9.17) is 0 Å². The molecule has 0 aromatic heterocycles. The number of fused-ring (bicyclic) bond motifs is 2. The van der Waals surface area contributed by atoms with Gasteiger partial charge in [-0.2, -0.15) is 12.1 Å². The van der Waals surface area contributed by atoms with Gasteiger partial charge in [-0.25, -0.2) is 0 Å². The molecule has 0 spiro atoms. The molecule has 0 amide bonds. The van der Waals surface area contributed by atoms with Gasteiger partial charge in [-0.3, -0.25) is 0 Å². The third-order valence-electron chi connectivity index (χ3n) is 10.4. The van der Waals surface area contributed by atoms with E-state index in [2.05, 4.69) is 148 Å². The maximum Gasteiger partial charge on any atom is -1.00 e. The second-order valence-electron chi connectivity index (χ2n) is 14.9. The summed E-state index contributed by atoms with van der Waals surface area (Å²) in [7, 11) is 0. The van der Waals surface area contributed by atoms with E-state index in [0.717, 1.165) is 0 Å². The molecule has 0 atom stereocenters. The van der Waals surface area contributed by atoms with Crippen molar-refractivity contribution in [1.82, 2.24) is 0 Å². The average Bonchev–Trinajstić information content (AvgIpc) is 3.93. The number of hydrogen-bond donors (Lipinski definition) is 0. The molecule has 0 radical (unpaired) electrons. The first-order valence-corrected chi connectivity index (χ1v) is 24.5. The van der Waals surface area contributed by atoms with E-state index in [1.807, 2.05) is 0 Å². The molecule has 0 bridgehead atoms. The molecule has 2 aliphatic rings. The van der Waals surface area contributed by atoms with Crippen LogP contribution in [-0.2, 0) is 36.2 Å². The van der Waals surface area contributed by atoms with Gasteiger partial charge in [0, 0.05) is 0 Å². The second kappa shape index (κ2) is 18.5. The van der Waals surface area contributed by atoms with Crippen LogP contribution >= 0.6 is 0 Å². The molecule has 6 aromatic rings. The Labute approximate surface area is 329 Å². The third-order valence-corrected chi connectivity index (χ3v) is 10.4. The van der Waals surface area contributed by atoms with Crippen LogP contribution in [0.2, 0.25) is 13.1 Å². The van der Waals surface area contributed by atoms with E-state index in [1.54, 1.807) is 23.3 Å². The average molecular weight is 795 g/mol. The Morgan fingerprint density at radius 3 is 1.24 bits per heavy atom. The Morgan fingerprint density at radius 1 is 0.560 bits per heavy atom. The molecule has 0 aliphatic heterocycles. The van der Waals surface area contributed by atoms with Crippen LogP contribution in [0.15, 0.2) is 121 Å². The number of halogens is 2. The first kappa shape index (κ1) is 40.5. The summed E-state index contributed by atoms with van der Waals surface area (Å²) in [6.07, 6.45) is 13.6. The molecular weight excluding hydrogens is 743 g/mol. The van der Waals surface area contributed by atoms with Crippen molar-refractivity contribution in [2.24, 2.45) is 10.8 Å². The largest absolute Gasteiger partial charge is 1.00 e. The van der Waals surface area contributed by atoms with Crippen LogP contribution in [0.25, 0.3) is 43.8 Å². The van der Waals surface area contributed by atoms with Gasteiger partial charge in [0.2, 0.25) is 0 Å². The van der Waals surface area contributed by atoms with Crippen LogP contribution in [0.3, 0.4) is 0 Å². The molecule has 0 unspecified atom stereocenters. The summed E-state index contributed by atoms with van der Waals surface area (Å²) in [5.74, 6) is 0. The summed E-state index contributed by atoms with van der Waals surface area (Å²) in [5, 5.41) is 5.61. The van der Waals surface area contributed by atoms with Gasteiger partial charge in [-0.15, -0.1) is 69.1 Å². The van der Waals surface area contributed by atoms with Gasteiger partial charge in [-0.05, 0) is 73.3 Å². The molecule has 50 heavy (non-hydrogen) atoms. The minimum Gasteiger partial charge on any atom is -1.00 e. The zero-order valence-electron chi connectivity index (χ0n) is 30.4. The molecule has 8 rings (SSSR count). The van der Waals surface area contributed by atoms with Gasteiger partial charge in [0.15, 0.2) is 0 Å². The van der Waals surface area contributed by atoms with Crippen LogP contribution < -0.4 is 24.8 Å². The quantitative estimate of drug-likeness (QED) is 0.0998. The monoisotopic (exact) mass is 792 g/mol. The van der Waals surface area contributed by atoms with Gasteiger partial charge in [0.25, 0.3) is 0 Å². The fraction of sp³-hybridized carbons (Fsp3) is 0.348. The summed E-state index contributed by atoms with van der Waals surface area (Å²) < 4.78 is 0. The van der Waals surface area contributed by atoms with Crippen molar-refractivity contribution >= 4 is 27.0 Å². The Kier molecular flexibility index (Phi) is 15.0. The predicted octanol–water partition coefficient (Wildman–Crippen LogP) is 7.49. The van der Waals surface area contributed by atoms with Gasteiger partial charge in [-0.1, -0.05) is 111 Å². The molecule has 4 heteroatoms. The van der Waals surface area contributed by atoms with Gasteiger partial charge in [0.1, 0.15) is 0 Å². The van der Waals surface area contributed by atoms with E-state index < -0.39 is 0 Å². The van der Waals surface area contributed by atoms with E-state index in [1.165, 1.54) is 119 Å². The van der Waals surface area contributed by atoms with E-state index >= 15 is 0 Å². The van der Waals surface area contributed by atoms with Crippen molar-refractivity contribution in [1.29, 1.82) is 0 Å². The fourth-order valence-corrected chi connectivity index (χ4v) is 7.85. The topological polar surface area (TPSA) is 0 Å². The molecule has 0 N–H and O–H groups in total. The summed E-state index contributed by atoms with van der Waals surface area (Å²) in [4.78, 5) is 0. The van der Waals surface area contributed by atoms with Crippen molar-refractivity contribution < 1.29 is 48.1 Å². The van der Waals surface area contributed by atoms with Gasteiger partial charge in [0.05, 0.1) is 0 Å². The zero-order chi connectivity index (χ0) is 33.6. The normalized spacial score (nSPS) is 14.7. The number of benzene rings is 4. The Morgan fingerprint density at radius 2 is 0.920 bits per heavy atom. The Balaban J connectivity index is 0.000000196. The molecule has 2 saturated carbocycles. The van der Waals surface area contributed by atoms with Gasteiger partial charge >= 0.3 is 41.9 Å². The molecule has 0 heterocycles. The molecule has 2 aliphatic carbocycles. The maximum absolute atomic E-state index is 2.44. The first-order chi connectivity index (χ1) is 23.3. The summed E-state index contributed by atoms with van der Waals surface area (Å²) in [6, 6.07) is 44.6. The molecule has 2 fully saturated rings. The zero-order valence-corrected chi connectivity index (χ0v) is 35.3. The van der Waals surface area contributed by atoms with Crippen LogP contribution in [0.4, 0.5) is 0 Å². The molecule has 0 saturated heterocycles. The smallest absolute Gasteiger partial charge is 1.00 e. The molecule has 260 valence electrons. The third kappa shape index (κ3) is 10.4. The fourth-order valence-electron chi connectivity index (χ4n) is 7.85. The van der Waals surface area contributed by atoms with Crippen LogP contribution in [0.1, 0.15) is 76.3 Å². The number of rotatable bonds is 10. The van der Waals surface area contributed by atoms with E-state index in [9.17, 15) is 0 Å². The van der Waals surface area contributed by atoms with Crippen molar-refractivity contribution in [3.63, 3.8) is 0 Å². The first-order valence-electron chi connectivity index (χ1n) is 18.3. The summed E-state index contributed by atoms with van der Waals surface area (Å²) in [6.45, 7) is 9.25. The summed E-state index contributed by atoms with van der Waals surface area (Å²) >= 11 is 1.74. The SMILES string of the molecule is CCCC1(Cc2cc3c(-c4ccccc4)cccc3[cH-]2)CC1.CCCC1(Cc2cc3c(-c4ccccc4)cccc3[cH-]2)CC1.C[Si](C)=[Zr+2].[Cl-].[Cl-]. The van der Waals surface area contributed by atoms with E-state index in [0.29, 0.717) is 10.8 Å². The van der Waals surface area contributed by atoms with Crippen LogP contribution in [0, 0.1) is 10.8 Å². The Hall–Kier alpha value is -2.22. The standard InChI is InChI=1S/2C22H23.C2H6Si.2ClH.Zr/c2*1-2-11-22(12-13-22)16-17-14-19-9-6-10-20(21(19)15-17)18-7-4-3-5-8-18;1-3-2;;;/h2*3-10,14-15H,2,11-13,16H2,1H3;1-2H3;2*1H;/q2*-1;;;;+2/p-2. The number of hydrogen-bond acceptors (Lipinski definition) is 0. The molecule has 0 nitrogen and oxygen atoms in total.